The maximum absolute atomic E-state index is 14.5. The van der Waals surface area contributed by atoms with Crippen LogP contribution in [-0.4, -0.2) is 92.2 Å². The van der Waals surface area contributed by atoms with Gasteiger partial charge in [0.25, 0.3) is 5.91 Å². The Labute approximate surface area is 404 Å². The average molecular weight is 1050 g/mol. The largest absolute Gasteiger partial charge is 0.497 e. The number of ether oxygens (including phenoxy) is 5. The molecule has 2 heterocycles. The molecule has 5 N–H and O–H groups in total. The summed E-state index contributed by atoms with van der Waals surface area (Å²) in [6.07, 6.45) is -0.105. The van der Waals surface area contributed by atoms with Gasteiger partial charge in [-0.3, -0.25) is 19.2 Å². The van der Waals surface area contributed by atoms with Crippen LogP contribution in [0, 0.1) is 58.2 Å². The Morgan fingerprint density at radius 3 is 1.83 bits per heavy atom. The highest BCUT2D eigenvalue weighted by atomic mass is 32.2. The van der Waals surface area contributed by atoms with Crippen LogP contribution in [0.3, 0.4) is 0 Å². The first-order valence-electron chi connectivity index (χ1n) is 21.2. The number of carbonyl (C=O) groups is 6. The molecule has 2 aliphatic rings. The van der Waals surface area contributed by atoms with Crippen molar-refractivity contribution in [1.82, 2.24) is 26.6 Å². The number of carbonyl (C=O) groups excluding carboxylic acids is 6. The van der Waals surface area contributed by atoms with Crippen LogP contribution in [0.5, 0.6) is 28.7 Å². The fraction of sp³-hybridized carbons (Fsp3) is 0.333. The molecule has 4 aromatic carbocycles. The number of thioether (sulfide) groups is 1. The van der Waals surface area contributed by atoms with Gasteiger partial charge in [0.05, 0.1) is 38.8 Å². The number of rotatable bonds is 21. The van der Waals surface area contributed by atoms with Crippen LogP contribution >= 0.6 is 11.8 Å². The Hall–Kier alpha value is -7.45. The van der Waals surface area contributed by atoms with Gasteiger partial charge in [0.2, 0.25) is 81.5 Å². The van der Waals surface area contributed by atoms with Crippen molar-refractivity contribution >= 4 is 47.5 Å². The molecule has 0 aromatic heterocycles. The molecule has 16 nitrogen and oxygen atoms in total. The third kappa shape index (κ3) is 12.5. The zero-order valence-corrected chi connectivity index (χ0v) is 38.1. The summed E-state index contributed by atoms with van der Waals surface area (Å²) in [6, 6.07) is 6.04. The number of methoxy groups -OCH3 is 2. The molecule has 5 unspecified atom stereocenters. The molecule has 6 rings (SSSR count). The van der Waals surface area contributed by atoms with Crippen LogP contribution in [-0.2, 0) is 24.0 Å². The van der Waals surface area contributed by atoms with Gasteiger partial charge in [0.1, 0.15) is 29.8 Å². The van der Waals surface area contributed by atoms with Crippen molar-refractivity contribution in [3.05, 3.63) is 112 Å². The average Bonchev–Trinajstić information content (AvgIpc) is 3.94. The van der Waals surface area contributed by atoms with Crippen LogP contribution in [0.2, 0.25) is 0 Å². The second-order valence-corrected chi connectivity index (χ2v) is 16.9. The van der Waals surface area contributed by atoms with Crippen molar-refractivity contribution in [3.63, 3.8) is 0 Å². The zero-order valence-electron chi connectivity index (χ0n) is 37.3. The summed E-state index contributed by atoms with van der Waals surface area (Å²) >= 11 is 1.64. The fourth-order valence-electron chi connectivity index (χ4n) is 7.34. The lowest BCUT2D eigenvalue weighted by Gasteiger charge is -2.25. The lowest BCUT2D eigenvalue weighted by atomic mass is 9.96. The molecule has 2 fully saturated rings. The van der Waals surface area contributed by atoms with Crippen molar-refractivity contribution < 1.29 is 96.4 Å². The number of halogens is 10. The normalized spacial score (nSPS) is 16.6. The number of hydrogen-bond donors (Lipinski definition) is 5. The van der Waals surface area contributed by atoms with Crippen LogP contribution in [0.15, 0.2) is 42.5 Å². The molecule has 0 aliphatic carbocycles. The highest BCUT2D eigenvalue weighted by Crippen LogP contribution is 2.36. The van der Waals surface area contributed by atoms with Crippen molar-refractivity contribution in [1.29, 1.82) is 0 Å². The molecule has 0 radical (unpaired) electrons. The number of esters is 2. The van der Waals surface area contributed by atoms with E-state index in [0.717, 1.165) is 0 Å². The second-order valence-electron chi connectivity index (χ2n) is 15.6. The van der Waals surface area contributed by atoms with Crippen LogP contribution in [0.4, 0.5) is 48.7 Å². The first-order chi connectivity index (χ1) is 34.2. The molecular weight excluding hydrogens is 1010 g/mol. The van der Waals surface area contributed by atoms with Crippen LogP contribution < -0.4 is 50.3 Å². The monoisotopic (exact) mass is 1050 g/mol. The van der Waals surface area contributed by atoms with Crippen LogP contribution in [0.1, 0.15) is 49.3 Å². The van der Waals surface area contributed by atoms with Crippen molar-refractivity contribution in [3.8, 4) is 28.7 Å². The maximum Gasteiger partial charge on any atom is 0.331 e. The highest BCUT2D eigenvalue weighted by Gasteiger charge is 2.42. The zero-order chi connectivity index (χ0) is 52.6. The lowest BCUT2D eigenvalue weighted by Crippen LogP contribution is -2.49. The molecule has 0 bridgehead atoms. The fourth-order valence-corrected chi connectivity index (χ4v) is 8.88. The molecule has 27 heteroatoms. The molecule has 2 aliphatic heterocycles. The van der Waals surface area contributed by atoms with E-state index < -0.39 is 131 Å². The van der Waals surface area contributed by atoms with E-state index in [2.05, 4.69) is 30.7 Å². The molecule has 72 heavy (non-hydrogen) atoms. The smallest absolute Gasteiger partial charge is 0.331 e. The van der Waals surface area contributed by atoms with Crippen LogP contribution in [0.25, 0.3) is 0 Å². The predicted molar refractivity (Wildman–Crippen MR) is 229 cm³/mol. The van der Waals surface area contributed by atoms with E-state index in [0.29, 0.717) is 24.3 Å². The summed E-state index contributed by atoms with van der Waals surface area (Å²) in [4.78, 5) is 77.1. The third-order valence-electron chi connectivity index (χ3n) is 10.9. The maximum atomic E-state index is 14.5. The van der Waals surface area contributed by atoms with Crippen molar-refractivity contribution in [2.24, 2.45) is 0 Å². The van der Waals surface area contributed by atoms with Gasteiger partial charge in [0.15, 0.2) is 6.61 Å². The molecule has 4 aromatic rings. The van der Waals surface area contributed by atoms with Gasteiger partial charge in [-0.2, -0.15) is 29.3 Å². The number of fused-ring (bicyclic) bond motifs is 1. The SMILES string of the molecule is COc1ccc(C(NC(=O)C(CC(=O)Oc2c(F)c(F)c(F)c(F)c2F)NC(=O)CCCCC2SCC3NC(=O)NC32)c2ccc(OCC(=O)NCC(=O)Oc3c(F)c(F)c(F)c(F)c3F)cc2)c(OC)c1. The summed E-state index contributed by atoms with van der Waals surface area (Å²) in [5, 5.41) is 12.7. The van der Waals surface area contributed by atoms with Gasteiger partial charge in [-0.1, -0.05) is 18.6 Å². The van der Waals surface area contributed by atoms with Gasteiger partial charge >= 0.3 is 18.0 Å². The number of unbranched alkanes of at least 4 members (excludes halogenated alkanes) is 1. The minimum Gasteiger partial charge on any atom is -0.497 e. The molecule has 5 amide bonds. The Morgan fingerprint density at radius 1 is 0.681 bits per heavy atom. The lowest BCUT2D eigenvalue weighted by molar-refractivity contribution is -0.139. The Balaban J connectivity index is 1.17. The van der Waals surface area contributed by atoms with Gasteiger partial charge in [0, 0.05) is 29.1 Å². The number of urea groups is 1. The van der Waals surface area contributed by atoms with Gasteiger partial charge < -0.3 is 50.3 Å². The Kier molecular flexibility index (Phi) is 17.7. The Bertz CT molecular complexity index is 2700. The first kappa shape index (κ1) is 53.9. The van der Waals surface area contributed by atoms with E-state index in [-0.39, 0.29) is 58.8 Å². The van der Waals surface area contributed by atoms with Gasteiger partial charge in [-0.25, -0.2) is 35.9 Å². The molecular formula is C45H39F10N5O11S. The third-order valence-corrected chi connectivity index (χ3v) is 12.4. The first-order valence-corrected chi connectivity index (χ1v) is 22.2. The predicted octanol–water partition coefficient (Wildman–Crippen LogP) is 5.61. The molecule has 386 valence electrons. The topological polar surface area (TPSA) is 209 Å². The summed E-state index contributed by atoms with van der Waals surface area (Å²) in [5.74, 6) is -33.5. The number of hydrogen-bond acceptors (Lipinski definition) is 12. The van der Waals surface area contributed by atoms with Gasteiger partial charge in [-0.15, -0.1) is 0 Å². The van der Waals surface area contributed by atoms with E-state index in [9.17, 15) is 72.7 Å². The number of nitrogens with one attached hydrogen (secondary N) is 5. The summed E-state index contributed by atoms with van der Waals surface area (Å²) < 4.78 is 164. The highest BCUT2D eigenvalue weighted by molar-refractivity contribution is 8.00. The molecule has 2 saturated heterocycles. The minimum absolute atomic E-state index is 0.0262. The Morgan fingerprint density at radius 2 is 1.25 bits per heavy atom. The molecule has 5 atom stereocenters. The second kappa shape index (κ2) is 23.6. The summed E-state index contributed by atoms with van der Waals surface area (Å²) in [6.45, 7) is -1.93. The van der Waals surface area contributed by atoms with E-state index in [1.807, 2.05) is 5.32 Å². The quantitative estimate of drug-likeness (QED) is 0.0131. The van der Waals surface area contributed by atoms with Crippen molar-refractivity contribution in [2.75, 3.05) is 33.1 Å². The number of amides is 5. The summed E-state index contributed by atoms with van der Waals surface area (Å²) in [5.41, 5.74) is 0.432. The van der Waals surface area contributed by atoms with Gasteiger partial charge in [-0.05, 0) is 42.7 Å². The number of benzene rings is 4. The molecule has 0 saturated carbocycles. The van der Waals surface area contributed by atoms with E-state index in [1.165, 1.54) is 56.7 Å². The summed E-state index contributed by atoms with van der Waals surface area (Å²) in [7, 11) is 2.63. The van der Waals surface area contributed by atoms with Crippen molar-refractivity contribution in [2.45, 2.75) is 61.5 Å². The minimum atomic E-state index is -2.53. The van der Waals surface area contributed by atoms with E-state index >= 15 is 0 Å². The van der Waals surface area contributed by atoms with E-state index in [1.54, 1.807) is 11.8 Å². The van der Waals surface area contributed by atoms with E-state index in [4.69, 9.17) is 14.2 Å². The molecule has 0 spiro atoms. The standard InChI is InChI=1S/C45H39F10N5O11S/c1-67-20-11-12-21(24(13-20)68-2)40(18-7-9-19(10-8-18)69-16-27(62)56-15-29(64)71-43-38(54)34(50)31(47)35(51)39(43)55)59-44(65)22(14-28(63)70-42-36(52)32(48)30(46)33(49)37(42)53)57-26(61)6-4-3-5-25-41-23(17-72-25)58-45(66)60-41/h7-13,22-23,25,40-41H,3-6,14-17H2,1-2H3,(H,56,62)(H,57,61)(H,59,65)(H2,58,60,66).